The number of carbonyl (C=O) groups excluding carboxylic acids is 1. The van der Waals surface area contributed by atoms with Crippen molar-refractivity contribution < 1.29 is 14.5 Å². The van der Waals surface area contributed by atoms with Crippen molar-refractivity contribution in [2.24, 2.45) is 10.9 Å². The lowest BCUT2D eigenvalue weighted by atomic mass is 9.98. The molecule has 0 bridgehead atoms. The molecule has 1 N–H and O–H groups in total. The molecule has 2 aliphatic carbocycles. The zero-order valence-electron chi connectivity index (χ0n) is 15.1. The Morgan fingerprint density at radius 2 is 2.15 bits per heavy atom. The first-order chi connectivity index (χ1) is 12.7. The van der Waals surface area contributed by atoms with Crippen LogP contribution in [0.3, 0.4) is 0 Å². The molecule has 1 atom stereocenters. The van der Waals surface area contributed by atoms with Gasteiger partial charge in [0, 0.05) is 29.7 Å². The third-order valence-electron chi connectivity index (χ3n) is 6.18. The van der Waals surface area contributed by atoms with E-state index in [2.05, 4.69) is 17.1 Å². The molecule has 2 aliphatic heterocycles. The fourth-order valence-electron chi connectivity index (χ4n) is 4.43. The van der Waals surface area contributed by atoms with Crippen molar-refractivity contribution >= 4 is 17.8 Å². The van der Waals surface area contributed by atoms with Crippen LogP contribution in [0.1, 0.15) is 68.1 Å². The fraction of sp³-hybridized carbons (Fsp3) is 0.632. The molecule has 5 rings (SSSR count). The maximum atomic E-state index is 13.2. The third-order valence-corrected chi connectivity index (χ3v) is 6.18. The summed E-state index contributed by atoms with van der Waals surface area (Å²) in [6.07, 6.45) is 10.0. The van der Waals surface area contributed by atoms with E-state index in [1.165, 1.54) is 12.8 Å². The first-order valence-corrected chi connectivity index (χ1v) is 9.68. The van der Waals surface area contributed by atoms with Gasteiger partial charge in [-0.25, -0.2) is 4.79 Å². The summed E-state index contributed by atoms with van der Waals surface area (Å²) in [6.45, 7) is 2.67. The number of unbranched alkanes of at least 4 members (excludes halogenated alkanes) is 1. The Morgan fingerprint density at radius 1 is 1.35 bits per heavy atom. The summed E-state index contributed by atoms with van der Waals surface area (Å²) in [4.78, 5) is 17.8. The maximum Gasteiger partial charge on any atom is 0.457 e. The molecule has 1 unspecified atom stereocenters. The molecule has 136 valence electrons. The molecule has 1 aromatic rings. The number of aliphatic hydroxyl groups excluding tert-OH is 1. The lowest BCUT2D eigenvalue weighted by Crippen LogP contribution is -2.42. The molecule has 1 amide bonds. The van der Waals surface area contributed by atoms with Gasteiger partial charge in [-0.2, -0.15) is 4.58 Å². The fourth-order valence-corrected chi connectivity index (χ4v) is 4.43. The van der Waals surface area contributed by atoms with E-state index in [4.69, 9.17) is 4.99 Å². The minimum atomic E-state index is -0.295. The van der Waals surface area contributed by atoms with Crippen LogP contribution in [0, 0.1) is 5.92 Å². The number of dihydropyridines is 1. The van der Waals surface area contributed by atoms with Crippen molar-refractivity contribution in [2.45, 2.75) is 57.0 Å². The summed E-state index contributed by atoms with van der Waals surface area (Å²) < 4.78 is 3.76. The van der Waals surface area contributed by atoms with E-state index >= 15 is 0 Å². The standard InChI is InChI=1S/C19H24N5O2/c1-2-3-8-23-14-9-12(11-25)10-20-15(14)24-16(17(23)26)21-22-18(24)19(6-7-19)13-4-5-13/h9-10,13,15,25H,2-8,11H2,1H3/q+1. The Hall–Kier alpha value is -2.15. The average Bonchev–Trinajstić information content (AvgIpc) is 3.58. The Labute approximate surface area is 152 Å². The molecule has 3 heterocycles. The number of aliphatic hydroxyl groups is 1. The molecular weight excluding hydrogens is 330 g/mol. The van der Waals surface area contributed by atoms with E-state index in [0.29, 0.717) is 18.3 Å². The average molecular weight is 354 g/mol. The summed E-state index contributed by atoms with van der Waals surface area (Å²) in [5.41, 5.74) is 1.68. The molecule has 7 nitrogen and oxygen atoms in total. The molecule has 0 spiro atoms. The second-order valence-corrected chi connectivity index (χ2v) is 7.91. The van der Waals surface area contributed by atoms with Crippen molar-refractivity contribution in [1.82, 2.24) is 14.8 Å². The predicted octanol–water partition coefficient (Wildman–Crippen LogP) is 1.63. The largest absolute Gasteiger partial charge is 0.457 e. The number of carbonyl (C=O) groups is 1. The third kappa shape index (κ3) is 2.19. The van der Waals surface area contributed by atoms with Gasteiger partial charge >= 0.3 is 5.91 Å². The van der Waals surface area contributed by atoms with E-state index in [9.17, 15) is 9.90 Å². The van der Waals surface area contributed by atoms with Gasteiger partial charge in [-0.1, -0.05) is 13.3 Å². The molecule has 4 aliphatic rings. The summed E-state index contributed by atoms with van der Waals surface area (Å²) in [5.74, 6) is 1.94. The van der Waals surface area contributed by atoms with Crippen LogP contribution in [0.2, 0.25) is 0 Å². The van der Waals surface area contributed by atoms with Crippen LogP contribution >= 0.6 is 0 Å². The van der Waals surface area contributed by atoms with Crippen molar-refractivity contribution in [3.63, 3.8) is 0 Å². The summed E-state index contributed by atoms with van der Waals surface area (Å²) in [5, 5.41) is 18.3. The Morgan fingerprint density at radius 3 is 2.81 bits per heavy atom. The number of aromatic nitrogens is 3. The number of fused-ring (bicyclic) bond motifs is 3. The molecule has 0 saturated heterocycles. The number of aliphatic imine (C=N–C) groups is 1. The van der Waals surface area contributed by atoms with E-state index in [-0.39, 0.29) is 24.1 Å². The smallest absolute Gasteiger partial charge is 0.392 e. The molecule has 2 saturated carbocycles. The minimum absolute atomic E-state index is 0.0799. The van der Waals surface area contributed by atoms with E-state index in [0.717, 1.165) is 42.8 Å². The lowest BCUT2D eigenvalue weighted by molar-refractivity contribution is -0.434. The van der Waals surface area contributed by atoms with Crippen molar-refractivity contribution in [2.75, 3.05) is 13.2 Å². The SMILES string of the molecule is CCCC[N+]1=C2C=C(CO)C=NC2n2c(nnc2C2(C3CC3)CC2)C1=O. The van der Waals surface area contributed by atoms with E-state index in [1.807, 2.05) is 10.6 Å². The molecule has 26 heavy (non-hydrogen) atoms. The van der Waals surface area contributed by atoms with Crippen molar-refractivity contribution in [3.8, 4) is 0 Å². The van der Waals surface area contributed by atoms with Gasteiger partial charge in [0.05, 0.1) is 6.61 Å². The van der Waals surface area contributed by atoms with E-state index in [1.54, 1.807) is 10.8 Å². The normalized spacial score (nSPS) is 25.8. The molecule has 2 fully saturated rings. The minimum Gasteiger partial charge on any atom is -0.392 e. The van der Waals surface area contributed by atoms with Gasteiger partial charge in [0.25, 0.3) is 5.82 Å². The number of rotatable bonds is 6. The summed E-state index contributed by atoms with van der Waals surface area (Å²) in [6, 6.07) is 0. The first kappa shape index (κ1) is 16.1. The van der Waals surface area contributed by atoms with Crippen LogP contribution in [0.25, 0.3) is 0 Å². The highest BCUT2D eigenvalue weighted by Crippen LogP contribution is 2.62. The van der Waals surface area contributed by atoms with Gasteiger partial charge in [-0.3, -0.25) is 9.56 Å². The van der Waals surface area contributed by atoms with Crippen LogP contribution in [0.5, 0.6) is 0 Å². The predicted molar refractivity (Wildman–Crippen MR) is 95.7 cm³/mol. The van der Waals surface area contributed by atoms with Crippen LogP contribution in [0.4, 0.5) is 0 Å². The zero-order chi connectivity index (χ0) is 17.9. The number of amides is 1. The lowest BCUT2D eigenvalue weighted by Gasteiger charge is -2.25. The monoisotopic (exact) mass is 354 g/mol. The van der Waals surface area contributed by atoms with Gasteiger partial charge in [0.1, 0.15) is 5.82 Å². The zero-order valence-corrected chi connectivity index (χ0v) is 15.1. The van der Waals surface area contributed by atoms with Gasteiger partial charge in [-0.15, -0.1) is 10.2 Å². The van der Waals surface area contributed by atoms with Crippen LogP contribution in [0.15, 0.2) is 16.6 Å². The van der Waals surface area contributed by atoms with Gasteiger partial charge in [-0.05, 0) is 31.6 Å². The Bertz CT molecular complexity index is 870. The number of nitrogens with zero attached hydrogens (tertiary/aromatic N) is 5. The molecular formula is C19H24N5O2+. The quantitative estimate of drug-likeness (QED) is 0.787. The van der Waals surface area contributed by atoms with Gasteiger partial charge in [0.15, 0.2) is 6.54 Å². The molecule has 0 aromatic carbocycles. The highest BCUT2D eigenvalue weighted by Gasteiger charge is 2.60. The van der Waals surface area contributed by atoms with Crippen LogP contribution in [-0.4, -0.2) is 55.4 Å². The first-order valence-electron chi connectivity index (χ1n) is 9.68. The van der Waals surface area contributed by atoms with Gasteiger partial charge in [0.2, 0.25) is 11.9 Å². The number of hydrogen-bond acceptors (Lipinski definition) is 5. The van der Waals surface area contributed by atoms with Crippen LogP contribution < -0.4 is 0 Å². The van der Waals surface area contributed by atoms with E-state index < -0.39 is 0 Å². The maximum absolute atomic E-state index is 13.2. The molecule has 7 heteroatoms. The van der Waals surface area contributed by atoms with Crippen molar-refractivity contribution in [3.05, 3.63) is 23.3 Å². The second-order valence-electron chi connectivity index (χ2n) is 7.91. The summed E-state index contributed by atoms with van der Waals surface area (Å²) in [7, 11) is 0. The van der Waals surface area contributed by atoms with Crippen LogP contribution in [-0.2, 0) is 5.41 Å². The molecule has 0 radical (unpaired) electrons. The number of hydrogen-bond donors (Lipinski definition) is 1. The topological polar surface area (TPSA) is 83.4 Å². The van der Waals surface area contributed by atoms with Crippen molar-refractivity contribution in [1.29, 1.82) is 0 Å². The molecule has 1 aromatic heterocycles. The van der Waals surface area contributed by atoms with Gasteiger partial charge < -0.3 is 5.11 Å². The second kappa shape index (κ2) is 5.67. The summed E-state index contributed by atoms with van der Waals surface area (Å²) >= 11 is 0. The highest BCUT2D eigenvalue weighted by atomic mass is 16.3. The highest BCUT2D eigenvalue weighted by molar-refractivity contribution is 6.07. The Balaban J connectivity index is 1.64. The Kier molecular flexibility index (Phi) is 3.50.